The summed E-state index contributed by atoms with van der Waals surface area (Å²) < 4.78 is 0. The predicted octanol–water partition coefficient (Wildman–Crippen LogP) is 4.32. The average molecular weight is 225 g/mol. The summed E-state index contributed by atoms with van der Waals surface area (Å²) in [5, 5.41) is 0. The van der Waals surface area contributed by atoms with Gasteiger partial charge in [-0.15, -0.1) is 0 Å². The monoisotopic (exact) mass is 225 g/mol. The summed E-state index contributed by atoms with van der Waals surface area (Å²) in [6.45, 7) is 7.35. The molecule has 1 atom stereocenters. The Morgan fingerprint density at radius 1 is 1.06 bits per heavy atom. The second kappa shape index (κ2) is 8.11. The molecule has 0 N–H and O–H groups in total. The van der Waals surface area contributed by atoms with Crippen LogP contribution in [-0.2, 0) is 0 Å². The zero-order chi connectivity index (χ0) is 11.8. The Balaban J connectivity index is 2.19. The van der Waals surface area contributed by atoms with Crippen LogP contribution < -0.4 is 0 Å². The largest absolute Gasteiger partial charge is 0.306 e. The van der Waals surface area contributed by atoms with Crippen molar-refractivity contribution in [3.05, 3.63) is 0 Å². The molecule has 1 aliphatic rings. The van der Waals surface area contributed by atoms with Crippen LogP contribution in [0.15, 0.2) is 0 Å². The van der Waals surface area contributed by atoms with Gasteiger partial charge in [-0.25, -0.2) is 0 Å². The molecule has 16 heavy (non-hydrogen) atoms. The molecule has 1 fully saturated rings. The molecule has 0 aromatic rings. The van der Waals surface area contributed by atoms with Crippen molar-refractivity contribution >= 4 is 0 Å². The van der Waals surface area contributed by atoms with E-state index >= 15 is 0 Å². The number of nitrogens with zero attached hydrogens (tertiary/aromatic N) is 1. The van der Waals surface area contributed by atoms with Crippen LogP contribution in [0.5, 0.6) is 0 Å². The lowest BCUT2D eigenvalue weighted by molar-refractivity contribution is 0.160. The van der Waals surface area contributed by atoms with E-state index in [9.17, 15) is 0 Å². The van der Waals surface area contributed by atoms with Crippen LogP contribution >= 0.6 is 0 Å². The van der Waals surface area contributed by atoms with Gasteiger partial charge in [0.05, 0.1) is 0 Å². The summed E-state index contributed by atoms with van der Waals surface area (Å²) in [4.78, 5) is 2.49. The minimum atomic E-state index is 1.02. The van der Waals surface area contributed by atoms with E-state index in [0.29, 0.717) is 0 Å². The highest BCUT2D eigenvalue weighted by Crippen LogP contribution is 2.30. The van der Waals surface area contributed by atoms with Gasteiger partial charge >= 0.3 is 0 Å². The van der Waals surface area contributed by atoms with Crippen molar-refractivity contribution in [2.45, 2.75) is 65.2 Å². The maximum atomic E-state index is 2.49. The molecule has 1 heteroatoms. The van der Waals surface area contributed by atoms with Gasteiger partial charge in [-0.05, 0) is 44.8 Å². The summed E-state index contributed by atoms with van der Waals surface area (Å²) in [5.41, 5.74) is 0. The van der Waals surface area contributed by atoms with Crippen molar-refractivity contribution in [1.29, 1.82) is 0 Å². The third kappa shape index (κ3) is 4.86. The van der Waals surface area contributed by atoms with E-state index in [0.717, 1.165) is 11.8 Å². The van der Waals surface area contributed by atoms with Crippen molar-refractivity contribution in [3.63, 3.8) is 0 Å². The highest BCUT2D eigenvalue weighted by molar-refractivity contribution is 4.76. The summed E-state index contributed by atoms with van der Waals surface area (Å²) in [5.74, 6) is 2.05. The standard InChI is InChI=1S/C15H31N/c1-4-6-7-8-9-14(5-2)15-10-12-16(3)13-11-15/h14-15H,4-13H2,1-3H3. The molecule has 0 spiro atoms. The van der Waals surface area contributed by atoms with Gasteiger partial charge in [-0.1, -0.05) is 52.4 Å². The first-order valence-corrected chi connectivity index (χ1v) is 7.46. The molecule has 0 amide bonds. The Labute approximate surface area is 103 Å². The lowest BCUT2D eigenvalue weighted by Gasteiger charge is -2.34. The Kier molecular flexibility index (Phi) is 7.11. The predicted molar refractivity (Wildman–Crippen MR) is 72.8 cm³/mol. The first-order valence-electron chi connectivity index (χ1n) is 7.46. The fourth-order valence-electron chi connectivity index (χ4n) is 3.11. The normalized spacial score (nSPS) is 21.2. The van der Waals surface area contributed by atoms with Crippen LogP contribution in [0.2, 0.25) is 0 Å². The van der Waals surface area contributed by atoms with Gasteiger partial charge in [0, 0.05) is 0 Å². The third-order valence-electron chi connectivity index (χ3n) is 4.38. The molecule has 1 nitrogen and oxygen atoms in total. The van der Waals surface area contributed by atoms with Gasteiger partial charge in [-0.2, -0.15) is 0 Å². The highest BCUT2D eigenvalue weighted by atomic mass is 15.1. The Morgan fingerprint density at radius 2 is 1.75 bits per heavy atom. The molecule has 0 radical (unpaired) electrons. The molecular weight excluding hydrogens is 194 g/mol. The summed E-state index contributed by atoms with van der Waals surface area (Å²) >= 11 is 0. The average Bonchev–Trinajstić information content (AvgIpc) is 2.31. The second-order valence-electron chi connectivity index (χ2n) is 5.66. The first kappa shape index (κ1) is 14.0. The zero-order valence-electron chi connectivity index (χ0n) is 11.7. The van der Waals surface area contributed by atoms with Gasteiger partial charge in [0.15, 0.2) is 0 Å². The van der Waals surface area contributed by atoms with Crippen molar-refractivity contribution < 1.29 is 0 Å². The Hall–Kier alpha value is -0.0400. The molecule has 1 aliphatic heterocycles. The molecule has 0 aromatic heterocycles. The maximum Gasteiger partial charge on any atom is -0.00190 e. The third-order valence-corrected chi connectivity index (χ3v) is 4.38. The number of likely N-dealkylation sites (tertiary alicyclic amines) is 1. The zero-order valence-corrected chi connectivity index (χ0v) is 11.7. The summed E-state index contributed by atoms with van der Waals surface area (Å²) in [7, 11) is 2.26. The van der Waals surface area contributed by atoms with Gasteiger partial charge in [-0.3, -0.25) is 0 Å². The van der Waals surface area contributed by atoms with Crippen LogP contribution in [0.1, 0.15) is 65.2 Å². The number of piperidine rings is 1. The minimum absolute atomic E-state index is 1.02. The molecule has 0 aliphatic carbocycles. The van der Waals surface area contributed by atoms with Crippen LogP contribution in [0.25, 0.3) is 0 Å². The molecule has 1 heterocycles. The molecule has 1 unspecified atom stereocenters. The fraction of sp³-hybridized carbons (Fsp3) is 1.00. The van der Waals surface area contributed by atoms with Gasteiger partial charge in [0.25, 0.3) is 0 Å². The van der Waals surface area contributed by atoms with Crippen molar-refractivity contribution in [2.24, 2.45) is 11.8 Å². The van der Waals surface area contributed by atoms with E-state index in [4.69, 9.17) is 0 Å². The minimum Gasteiger partial charge on any atom is -0.306 e. The maximum absolute atomic E-state index is 2.49. The number of hydrogen-bond acceptors (Lipinski definition) is 1. The van der Waals surface area contributed by atoms with Crippen molar-refractivity contribution in [1.82, 2.24) is 4.90 Å². The number of rotatable bonds is 7. The molecule has 0 saturated carbocycles. The van der Waals surface area contributed by atoms with Crippen LogP contribution in [0.3, 0.4) is 0 Å². The van der Waals surface area contributed by atoms with Gasteiger partial charge in [0.1, 0.15) is 0 Å². The van der Waals surface area contributed by atoms with E-state index in [1.165, 1.54) is 64.5 Å². The molecule has 0 aromatic carbocycles. The summed E-state index contributed by atoms with van der Waals surface area (Å²) in [6, 6.07) is 0. The SMILES string of the molecule is CCCCCCC(CC)C1CCN(C)CC1. The lowest BCUT2D eigenvalue weighted by Crippen LogP contribution is -2.33. The van der Waals surface area contributed by atoms with E-state index < -0.39 is 0 Å². The van der Waals surface area contributed by atoms with Gasteiger partial charge < -0.3 is 4.90 Å². The smallest absolute Gasteiger partial charge is 0.00190 e. The van der Waals surface area contributed by atoms with E-state index in [-0.39, 0.29) is 0 Å². The van der Waals surface area contributed by atoms with E-state index in [1.54, 1.807) is 0 Å². The number of hydrogen-bond donors (Lipinski definition) is 0. The Bertz CT molecular complexity index is 159. The molecule has 1 saturated heterocycles. The van der Waals surface area contributed by atoms with Gasteiger partial charge in [0.2, 0.25) is 0 Å². The van der Waals surface area contributed by atoms with Crippen LogP contribution in [0, 0.1) is 11.8 Å². The van der Waals surface area contributed by atoms with Crippen LogP contribution in [0.4, 0.5) is 0 Å². The summed E-state index contributed by atoms with van der Waals surface area (Å²) in [6.07, 6.45) is 11.5. The highest BCUT2D eigenvalue weighted by Gasteiger charge is 2.23. The van der Waals surface area contributed by atoms with Crippen LogP contribution in [-0.4, -0.2) is 25.0 Å². The fourth-order valence-corrected chi connectivity index (χ4v) is 3.11. The second-order valence-corrected chi connectivity index (χ2v) is 5.66. The van der Waals surface area contributed by atoms with Crippen molar-refractivity contribution in [3.8, 4) is 0 Å². The molecule has 0 bridgehead atoms. The topological polar surface area (TPSA) is 3.24 Å². The van der Waals surface area contributed by atoms with E-state index in [1.807, 2.05) is 0 Å². The molecule has 1 rings (SSSR count). The Morgan fingerprint density at radius 3 is 2.31 bits per heavy atom. The first-order chi connectivity index (χ1) is 7.77. The van der Waals surface area contributed by atoms with E-state index in [2.05, 4.69) is 25.8 Å². The quantitative estimate of drug-likeness (QED) is 0.583. The van der Waals surface area contributed by atoms with Crippen molar-refractivity contribution in [2.75, 3.05) is 20.1 Å². The number of unbranched alkanes of at least 4 members (excludes halogenated alkanes) is 3. The lowest BCUT2D eigenvalue weighted by atomic mass is 9.80. The molecular formula is C15H31N. The molecule has 96 valence electrons.